The third-order valence-corrected chi connectivity index (χ3v) is 6.15. The Balaban J connectivity index is 1.82. The second kappa shape index (κ2) is 9.54. The summed E-state index contributed by atoms with van der Waals surface area (Å²) in [7, 11) is 0. The highest BCUT2D eigenvalue weighted by Crippen LogP contribution is 2.43. The van der Waals surface area contributed by atoms with Gasteiger partial charge in [0.1, 0.15) is 11.5 Å². The lowest BCUT2D eigenvalue weighted by Gasteiger charge is -2.23. The molecule has 1 aliphatic heterocycles. The molecule has 1 aliphatic rings. The van der Waals surface area contributed by atoms with Gasteiger partial charge in [-0.05, 0) is 36.2 Å². The van der Waals surface area contributed by atoms with Crippen LogP contribution in [0.5, 0.6) is 5.75 Å². The van der Waals surface area contributed by atoms with Crippen LogP contribution in [0.25, 0.3) is 5.76 Å². The lowest BCUT2D eigenvalue weighted by Crippen LogP contribution is -2.29. The largest absolute Gasteiger partial charge is 0.507 e. The minimum Gasteiger partial charge on any atom is -0.507 e. The molecule has 1 N–H and O–H groups in total. The van der Waals surface area contributed by atoms with Crippen LogP contribution < -0.4 is 9.64 Å². The van der Waals surface area contributed by atoms with Crippen molar-refractivity contribution in [3.05, 3.63) is 81.8 Å². The number of carbonyl (C=O) groups excluding carboxylic acids is 2. The third-order valence-electron chi connectivity index (χ3n) is 5.13. The van der Waals surface area contributed by atoms with E-state index in [4.69, 9.17) is 16.3 Å². The van der Waals surface area contributed by atoms with E-state index in [0.717, 1.165) is 12.8 Å². The molecule has 0 spiro atoms. The van der Waals surface area contributed by atoms with Crippen LogP contribution in [0, 0.1) is 0 Å². The molecular formula is C24H21ClN2O4S. The number of anilines is 1. The number of halogens is 1. The Kier molecular flexibility index (Phi) is 6.58. The van der Waals surface area contributed by atoms with E-state index in [-0.39, 0.29) is 11.3 Å². The van der Waals surface area contributed by atoms with Crippen LogP contribution in [0.4, 0.5) is 5.13 Å². The predicted octanol–water partition coefficient (Wildman–Crippen LogP) is 5.60. The second-order valence-electron chi connectivity index (χ2n) is 7.27. The van der Waals surface area contributed by atoms with Crippen LogP contribution >= 0.6 is 22.9 Å². The van der Waals surface area contributed by atoms with Gasteiger partial charge in [-0.15, -0.1) is 11.3 Å². The molecule has 1 fully saturated rings. The molecular weight excluding hydrogens is 448 g/mol. The minimum absolute atomic E-state index is 0.00164. The summed E-state index contributed by atoms with van der Waals surface area (Å²) < 4.78 is 5.73. The van der Waals surface area contributed by atoms with Crippen molar-refractivity contribution in [3.63, 3.8) is 0 Å². The van der Waals surface area contributed by atoms with E-state index >= 15 is 0 Å². The van der Waals surface area contributed by atoms with E-state index < -0.39 is 17.7 Å². The van der Waals surface area contributed by atoms with Gasteiger partial charge in [0.05, 0.1) is 18.2 Å². The number of aromatic nitrogens is 1. The fraction of sp³-hybridized carbons (Fsp3) is 0.208. The van der Waals surface area contributed by atoms with Crippen LogP contribution in [0.3, 0.4) is 0 Å². The molecule has 0 bridgehead atoms. The monoisotopic (exact) mass is 468 g/mol. The van der Waals surface area contributed by atoms with E-state index in [1.807, 2.05) is 0 Å². The Hall–Kier alpha value is -3.16. The Morgan fingerprint density at radius 2 is 2.00 bits per heavy atom. The molecule has 32 heavy (non-hydrogen) atoms. The van der Waals surface area contributed by atoms with Crippen molar-refractivity contribution in [2.24, 2.45) is 0 Å². The van der Waals surface area contributed by atoms with Gasteiger partial charge in [0.15, 0.2) is 5.13 Å². The number of nitrogens with zero attached hydrogens (tertiary/aromatic N) is 2. The molecule has 3 aromatic rings. The molecule has 2 heterocycles. The van der Waals surface area contributed by atoms with E-state index in [1.54, 1.807) is 60.1 Å². The van der Waals surface area contributed by atoms with Gasteiger partial charge in [-0.1, -0.05) is 49.2 Å². The molecule has 6 nitrogen and oxygen atoms in total. The van der Waals surface area contributed by atoms with Crippen molar-refractivity contribution in [2.45, 2.75) is 25.8 Å². The fourth-order valence-corrected chi connectivity index (χ4v) is 4.34. The number of benzene rings is 2. The Morgan fingerprint density at radius 3 is 2.69 bits per heavy atom. The normalized spacial score (nSPS) is 17.7. The maximum Gasteiger partial charge on any atom is 0.301 e. The highest BCUT2D eigenvalue weighted by molar-refractivity contribution is 7.14. The first-order valence-corrected chi connectivity index (χ1v) is 11.5. The van der Waals surface area contributed by atoms with Gasteiger partial charge in [-0.25, -0.2) is 4.98 Å². The summed E-state index contributed by atoms with van der Waals surface area (Å²) in [5.41, 5.74) is 1.04. The molecule has 0 saturated carbocycles. The number of ether oxygens (including phenoxy) is 1. The molecule has 1 aromatic heterocycles. The van der Waals surface area contributed by atoms with Gasteiger partial charge < -0.3 is 9.84 Å². The zero-order valence-electron chi connectivity index (χ0n) is 17.3. The van der Waals surface area contributed by atoms with Gasteiger partial charge in [0, 0.05) is 22.2 Å². The number of rotatable bonds is 7. The molecule has 1 unspecified atom stereocenters. The van der Waals surface area contributed by atoms with Gasteiger partial charge in [0.2, 0.25) is 0 Å². The Morgan fingerprint density at radius 1 is 1.22 bits per heavy atom. The SMILES string of the molecule is CCCCOc1cccc(/C(O)=C2\C(=O)C(=O)N(c3nccs3)C2c2ccc(Cl)cc2)c1. The molecule has 2 aromatic carbocycles. The first-order valence-electron chi connectivity index (χ1n) is 10.2. The molecule has 164 valence electrons. The van der Waals surface area contributed by atoms with Crippen molar-refractivity contribution < 1.29 is 19.4 Å². The number of aliphatic hydroxyl groups is 1. The highest BCUT2D eigenvalue weighted by Gasteiger charge is 2.47. The first-order chi connectivity index (χ1) is 15.5. The summed E-state index contributed by atoms with van der Waals surface area (Å²) >= 11 is 7.29. The average molecular weight is 469 g/mol. The van der Waals surface area contributed by atoms with Crippen molar-refractivity contribution in [2.75, 3.05) is 11.5 Å². The van der Waals surface area contributed by atoms with Crippen LogP contribution in [0.15, 0.2) is 65.7 Å². The quantitative estimate of drug-likeness (QED) is 0.211. The molecule has 1 amide bonds. The lowest BCUT2D eigenvalue weighted by molar-refractivity contribution is -0.132. The van der Waals surface area contributed by atoms with Crippen LogP contribution in [-0.2, 0) is 9.59 Å². The van der Waals surface area contributed by atoms with Crippen molar-refractivity contribution >= 4 is 45.5 Å². The number of Topliss-reactive ketones (excluding diaryl/α,β-unsaturated/α-hetero) is 1. The summed E-state index contributed by atoms with van der Waals surface area (Å²) in [6.07, 6.45) is 3.47. The number of ketones is 1. The summed E-state index contributed by atoms with van der Waals surface area (Å²) in [5.74, 6) is -1.19. The number of carbonyl (C=O) groups is 2. The summed E-state index contributed by atoms with van der Waals surface area (Å²) in [6.45, 7) is 2.63. The average Bonchev–Trinajstić information content (AvgIpc) is 3.41. The second-order valence-corrected chi connectivity index (χ2v) is 8.57. The zero-order chi connectivity index (χ0) is 22.7. The summed E-state index contributed by atoms with van der Waals surface area (Å²) in [4.78, 5) is 31.6. The first kappa shape index (κ1) is 22.0. The number of aliphatic hydroxyl groups excluding tert-OH is 1. The number of amides is 1. The van der Waals surface area contributed by atoms with Crippen molar-refractivity contribution in [3.8, 4) is 5.75 Å². The maximum atomic E-state index is 13.1. The Labute approximate surface area is 194 Å². The van der Waals surface area contributed by atoms with Crippen molar-refractivity contribution in [1.82, 2.24) is 4.98 Å². The van der Waals surface area contributed by atoms with Gasteiger partial charge in [-0.3, -0.25) is 14.5 Å². The van der Waals surface area contributed by atoms with E-state index in [9.17, 15) is 14.7 Å². The van der Waals surface area contributed by atoms with E-state index in [0.29, 0.717) is 33.6 Å². The van der Waals surface area contributed by atoms with Gasteiger partial charge in [0.25, 0.3) is 5.78 Å². The summed E-state index contributed by atoms with van der Waals surface area (Å²) in [5, 5.41) is 13.8. The number of hydrogen-bond acceptors (Lipinski definition) is 6. The predicted molar refractivity (Wildman–Crippen MR) is 125 cm³/mol. The maximum absolute atomic E-state index is 13.1. The smallest absolute Gasteiger partial charge is 0.301 e. The molecule has 4 rings (SSSR count). The fourth-order valence-electron chi connectivity index (χ4n) is 3.55. The van der Waals surface area contributed by atoms with E-state index in [2.05, 4.69) is 11.9 Å². The number of unbranched alkanes of at least 4 members (excludes halogenated alkanes) is 1. The molecule has 1 atom stereocenters. The molecule has 0 aliphatic carbocycles. The highest BCUT2D eigenvalue weighted by atomic mass is 35.5. The summed E-state index contributed by atoms with van der Waals surface area (Å²) in [6, 6.07) is 12.9. The topological polar surface area (TPSA) is 79.7 Å². The van der Waals surface area contributed by atoms with Gasteiger partial charge >= 0.3 is 5.91 Å². The molecule has 0 radical (unpaired) electrons. The van der Waals surface area contributed by atoms with Gasteiger partial charge in [-0.2, -0.15) is 0 Å². The lowest BCUT2D eigenvalue weighted by atomic mass is 9.95. The van der Waals surface area contributed by atoms with Crippen LogP contribution in [0.1, 0.15) is 36.9 Å². The zero-order valence-corrected chi connectivity index (χ0v) is 18.9. The number of hydrogen-bond donors (Lipinski definition) is 1. The number of thiazole rings is 1. The van der Waals surface area contributed by atoms with Crippen molar-refractivity contribution in [1.29, 1.82) is 0 Å². The van der Waals surface area contributed by atoms with Crippen LogP contribution in [-0.4, -0.2) is 28.4 Å². The van der Waals surface area contributed by atoms with Crippen LogP contribution in [0.2, 0.25) is 5.02 Å². The third kappa shape index (κ3) is 4.26. The standard InChI is InChI=1S/C24H21ClN2O4S/c1-2-3-12-31-18-6-4-5-16(14-18)21(28)19-20(15-7-9-17(25)10-8-15)27(23(30)22(19)29)24-26-11-13-32-24/h4-11,13-14,20,28H,2-3,12H2,1H3/b21-19+. The minimum atomic E-state index is -0.830. The Bertz CT molecular complexity index is 1160. The molecule has 1 saturated heterocycles. The molecule has 8 heteroatoms. The van der Waals surface area contributed by atoms with E-state index in [1.165, 1.54) is 16.2 Å².